The van der Waals surface area contributed by atoms with Crippen molar-refractivity contribution in [3.8, 4) is 5.75 Å². The molecule has 1 fully saturated rings. The van der Waals surface area contributed by atoms with Crippen molar-refractivity contribution >= 4 is 0 Å². The molecule has 0 bridgehead atoms. The Hall–Kier alpha value is -1.10. The Morgan fingerprint density at radius 1 is 1.38 bits per heavy atom. The van der Waals surface area contributed by atoms with Gasteiger partial charge in [0.2, 0.25) is 0 Å². The first kappa shape index (κ1) is 16.3. The molecule has 1 aliphatic rings. The van der Waals surface area contributed by atoms with Gasteiger partial charge in [-0.15, -0.1) is 0 Å². The second kappa shape index (κ2) is 7.25. The summed E-state index contributed by atoms with van der Waals surface area (Å²) >= 11 is 0. The first-order valence-corrected chi connectivity index (χ1v) is 7.77. The lowest BCUT2D eigenvalue weighted by atomic mass is 10.0. The highest BCUT2D eigenvalue weighted by atomic mass is 16.5. The zero-order valence-electron chi connectivity index (χ0n) is 13.7. The van der Waals surface area contributed by atoms with Crippen molar-refractivity contribution in [2.45, 2.75) is 39.5 Å². The van der Waals surface area contributed by atoms with Crippen LogP contribution in [0.2, 0.25) is 0 Å². The summed E-state index contributed by atoms with van der Waals surface area (Å²) in [4.78, 5) is 2.44. The Labute approximate surface area is 128 Å². The molecular formula is C17H28N2O2. The minimum absolute atomic E-state index is 0.0626. The van der Waals surface area contributed by atoms with Crippen LogP contribution >= 0.6 is 0 Å². The van der Waals surface area contributed by atoms with Crippen LogP contribution in [-0.4, -0.2) is 43.9 Å². The van der Waals surface area contributed by atoms with Crippen molar-refractivity contribution in [1.82, 2.24) is 10.2 Å². The molecule has 1 N–H and O–H groups in total. The fraction of sp³-hybridized carbons (Fsp3) is 0.647. The number of nitrogens with zero attached hydrogens (tertiary/aromatic N) is 1. The number of morpholine rings is 1. The summed E-state index contributed by atoms with van der Waals surface area (Å²) in [6.45, 7) is 12.0. The minimum Gasteiger partial charge on any atom is -0.496 e. The molecule has 4 heteroatoms. The second-order valence-corrected chi connectivity index (χ2v) is 6.25. The fourth-order valence-electron chi connectivity index (χ4n) is 2.82. The standard InChI is InChI=1S/C17H28N2O2/c1-5-18-11-14-6-7-16(20-4)15(10-14)12-19-8-9-21-17(2,3)13-19/h6-7,10,18H,5,8-9,11-13H2,1-4H3. The molecule has 0 aliphatic carbocycles. The zero-order chi connectivity index (χ0) is 15.3. The topological polar surface area (TPSA) is 33.7 Å². The molecule has 118 valence electrons. The van der Waals surface area contributed by atoms with Crippen LogP contribution in [0.3, 0.4) is 0 Å². The summed E-state index contributed by atoms with van der Waals surface area (Å²) in [5, 5.41) is 3.37. The number of ether oxygens (including phenoxy) is 2. The average Bonchev–Trinajstić information content (AvgIpc) is 2.44. The maximum Gasteiger partial charge on any atom is 0.123 e. The maximum absolute atomic E-state index is 5.78. The molecule has 1 heterocycles. The van der Waals surface area contributed by atoms with Gasteiger partial charge in [-0.2, -0.15) is 0 Å². The summed E-state index contributed by atoms with van der Waals surface area (Å²) in [5.74, 6) is 0.972. The van der Waals surface area contributed by atoms with Gasteiger partial charge in [0.1, 0.15) is 5.75 Å². The SMILES string of the molecule is CCNCc1ccc(OC)c(CN2CCOC(C)(C)C2)c1. The highest BCUT2D eigenvalue weighted by molar-refractivity contribution is 5.37. The van der Waals surface area contributed by atoms with Crippen molar-refractivity contribution in [1.29, 1.82) is 0 Å². The van der Waals surface area contributed by atoms with E-state index >= 15 is 0 Å². The van der Waals surface area contributed by atoms with Gasteiger partial charge in [-0.25, -0.2) is 0 Å². The first-order valence-electron chi connectivity index (χ1n) is 7.77. The van der Waals surface area contributed by atoms with Crippen LogP contribution in [0.5, 0.6) is 5.75 Å². The van der Waals surface area contributed by atoms with Gasteiger partial charge in [0.05, 0.1) is 19.3 Å². The van der Waals surface area contributed by atoms with Crippen LogP contribution in [0, 0.1) is 0 Å². The molecule has 0 atom stereocenters. The average molecular weight is 292 g/mol. The van der Waals surface area contributed by atoms with Crippen molar-refractivity contribution in [2.75, 3.05) is 33.4 Å². The van der Waals surface area contributed by atoms with Crippen LogP contribution in [0.15, 0.2) is 18.2 Å². The van der Waals surface area contributed by atoms with E-state index in [0.717, 1.165) is 45.1 Å². The van der Waals surface area contributed by atoms with Gasteiger partial charge in [-0.3, -0.25) is 4.90 Å². The molecule has 0 spiro atoms. The fourth-order valence-corrected chi connectivity index (χ4v) is 2.82. The van der Waals surface area contributed by atoms with E-state index in [0.29, 0.717) is 0 Å². The molecule has 1 aliphatic heterocycles. The lowest BCUT2D eigenvalue weighted by Crippen LogP contribution is -2.47. The molecule has 2 rings (SSSR count). The third-order valence-electron chi connectivity index (χ3n) is 3.82. The summed E-state index contributed by atoms with van der Waals surface area (Å²) in [5.41, 5.74) is 2.50. The lowest BCUT2D eigenvalue weighted by molar-refractivity contribution is -0.0883. The third kappa shape index (κ3) is 4.70. The van der Waals surface area contributed by atoms with Crippen LogP contribution in [-0.2, 0) is 17.8 Å². The molecular weight excluding hydrogens is 264 g/mol. The van der Waals surface area contributed by atoms with Crippen molar-refractivity contribution in [2.24, 2.45) is 0 Å². The molecule has 0 radical (unpaired) electrons. The van der Waals surface area contributed by atoms with E-state index in [1.165, 1.54) is 11.1 Å². The molecule has 4 nitrogen and oxygen atoms in total. The van der Waals surface area contributed by atoms with Gasteiger partial charge in [0.25, 0.3) is 0 Å². The van der Waals surface area contributed by atoms with E-state index in [-0.39, 0.29) is 5.60 Å². The Bertz CT molecular complexity index is 460. The smallest absolute Gasteiger partial charge is 0.123 e. The predicted molar refractivity (Wildman–Crippen MR) is 85.7 cm³/mol. The van der Waals surface area contributed by atoms with E-state index in [4.69, 9.17) is 9.47 Å². The largest absolute Gasteiger partial charge is 0.496 e. The van der Waals surface area contributed by atoms with Crippen LogP contribution in [0.1, 0.15) is 31.9 Å². The molecule has 0 saturated carbocycles. The Balaban J connectivity index is 2.09. The highest BCUT2D eigenvalue weighted by Gasteiger charge is 2.27. The molecule has 21 heavy (non-hydrogen) atoms. The van der Waals surface area contributed by atoms with E-state index in [9.17, 15) is 0 Å². The number of nitrogens with one attached hydrogen (secondary N) is 1. The first-order chi connectivity index (χ1) is 10.0. The Morgan fingerprint density at radius 2 is 2.19 bits per heavy atom. The van der Waals surface area contributed by atoms with E-state index < -0.39 is 0 Å². The molecule has 1 saturated heterocycles. The van der Waals surface area contributed by atoms with E-state index in [1.54, 1.807) is 7.11 Å². The minimum atomic E-state index is -0.0626. The van der Waals surface area contributed by atoms with E-state index in [1.807, 2.05) is 0 Å². The Kier molecular flexibility index (Phi) is 5.62. The number of hydrogen-bond acceptors (Lipinski definition) is 4. The molecule has 1 aromatic carbocycles. The van der Waals surface area contributed by atoms with Gasteiger partial charge >= 0.3 is 0 Å². The van der Waals surface area contributed by atoms with Crippen LogP contribution < -0.4 is 10.1 Å². The highest BCUT2D eigenvalue weighted by Crippen LogP contribution is 2.24. The second-order valence-electron chi connectivity index (χ2n) is 6.25. The number of methoxy groups -OCH3 is 1. The summed E-state index contributed by atoms with van der Waals surface area (Å²) in [6, 6.07) is 6.46. The zero-order valence-corrected chi connectivity index (χ0v) is 13.7. The van der Waals surface area contributed by atoms with Crippen LogP contribution in [0.25, 0.3) is 0 Å². The van der Waals surface area contributed by atoms with Gasteiger partial charge in [-0.1, -0.05) is 13.0 Å². The number of hydrogen-bond donors (Lipinski definition) is 1. The van der Waals surface area contributed by atoms with Gasteiger partial charge in [0.15, 0.2) is 0 Å². The molecule has 0 amide bonds. The molecule has 0 unspecified atom stereocenters. The molecule has 0 aromatic heterocycles. The van der Waals surface area contributed by atoms with Crippen molar-refractivity contribution in [3.63, 3.8) is 0 Å². The summed E-state index contributed by atoms with van der Waals surface area (Å²) in [6.07, 6.45) is 0. The quantitative estimate of drug-likeness (QED) is 0.873. The maximum atomic E-state index is 5.78. The molecule has 1 aromatic rings. The van der Waals surface area contributed by atoms with E-state index in [2.05, 4.69) is 49.2 Å². The van der Waals surface area contributed by atoms with Gasteiger partial charge < -0.3 is 14.8 Å². The third-order valence-corrected chi connectivity index (χ3v) is 3.82. The van der Waals surface area contributed by atoms with Gasteiger partial charge in [0, 0.05) is 31.7 Å². The monoisotopic (exact) mass is 292 g/mol. The number of rotatable bonds is 6. The van der Waals surface area contributed by atoms with Crippen LogP contribution in [0.4, 0.5) is 0 Å². The van der Waals surface area contributed by atoms with Crippen molar-refractivity contribution in [3.05, 3.63) is 29.3 Å². The lowest BCUT2D eigenvalue weighted by Gasteiger charge is -2.38. The van der Waals surface area contributed by atoms with Gasteiger partial charge in [-0.05, 0) is 38.1 Å². The normalized spacial score (nSPS) is 18.7. The predicted octanol–water partition coefficient (Wildman–Crippen LogP) is 2.42. The summed E-state index contributed by atoms with van der Waals surface area (Å²) in [7, 11) is 1.74. The van der Waals surface area contributed by atoms with Crippen molar-refractivity contribution < 1.29 is 9.47 Å². The Morgan fingerprint density at radius 3 is 2.86 bits per heavy atom. The summed E-state index contributed by atoms with van der Waals surface area (Å²) < 4.78 is 11.3. The number of benzene rings is 1.